The van der Waals surface area contributed by atoms with E-state index in [9.17, 15) is 14.7 Å². The minimum atomic E-state index is -0.869. The molecular weight excluding hydrogens is 246 g/mol. The van der Waals surface area contributed by atoms with Crippen LogP contribution in [0, 0.1) is 5.41 Å². The molecule has 0 bridgehead atoms. The summed E-state index contributed by atoms with van der Waals surface area (Å²) in [6.07, 6.45) is 4.24. The molecule has 1 aromatic heterocycles. The number of carboxylic acid groups (broad SMARTS) is 1. The van der Waals surface area contributed by atoms with Gasteiger partial charge in [0.15, 0.2) is 0 Å². The first-order valence-electron chi connectivity index (χ1n) is 6.59. The Balaban J connectivity index is 2.13. The summed E-state index contributed by atoms with van der Waals surface area (Å²) in [4.78, 5) is 23.5. The zero-order valence-corrected chi connectivity index (χ0v) is 11.2. The van der Waals surface area contributed by atoms with Gasteiger partial charge in [0.05, 0.1) is 17.2 Å². The normalized spacial score (nSPS) is 26.3. The van der Waals surface area contributed by atoms with Crippen LogP contribution < -0.4 is 5.32 Å². The Morgan fingerprint density at radius 2 is 2.32 bits per heavy atom. The van der Waals surface area contributed by atoms with Gasteiger partial charge in [-0.05, 0) is 25.8 Å². The third-order valence-electron chi connectivity index (χ3n) is 4.06. The summed E-state index contributed by atoms with van der Waals surface area (Å²) >= 11 is 0. The van der Waals surface area contributed by atoms with E-state index in [4.69, 9.17) is 4.42 Å². The molecule has 0 saturated heterocycles. The molecule has 1 aliphatic carbocycles. The summed E-state index contributed by atoms with van der Waals surface area (Å²) in [6.45, 7) is 3.61. The van der Waals surface area contributed by atoms with E-state index in [1.807, 2.05) is 6.92 Å². The van der Waals surface area contributed by atoms with Gasteiger partial charge in [-0.2, -0.15) is 0 Å². The monoisotopic (exact) mass is 265 g/mol. The van der Waals surface area contributed by atoms with Crippen LogP contribution in [0.2, 0.25) is 0 Å². The van der Waals surface area contributed by atoms with E-state index in [1.54, 1.807) is 13.0 Å². The molecule has 0 aromatic carbocycles. The summed E-state index contributed by atoms with van der Waals surface area (Å²) in [6, 6.07) is 1.30. The minimum absolute atomic E-state index is 0.245. The first-order chi connectivity index (χ1) is 8.99. The molecule has 104 valence electrons. The number of carbonyl (C=O) groups excluding carboxylic acids is 1. The Bertz CT molecular complexity index is 493. The molecule has 19 heavy (non-hydrogen) atoms. The number of aliphatic carboxylic acids is 1. The van der Waals surface area contributed by atoms with Crippen molar-refractivity contribution in [1.82, 2.24) is 5.32 Å². The summed E-state index contributed by atoms with van der Waals surface area (Å²) in [5.74, 6) is -0.462. The van der Waals surface area contributed by atoms with Gasteiger partial charge in [0, 0.05) is 12.5 Å². The van der Waals surface area contributed by atoms with E-state index >= 15 is 0 Å². The predicted octanol–water partition coefficient (Wildman–Crippen LogP) is 2.22. The highest BCUT2D eigenvalue weighted by atomic mass is 16.4. The Morgan fingerprint density at radius 3 is 2.95 bits per heavy atom. The van der Waals surface area contributed by atoms with E-state index in [1.165, 1.54) is 6.26 Å². The van der Waals surface area contributed by atoms with E-state index < -0.39 is 11.4 Å². The molecule has 1 saturated carbocycles. The standard InChI is InChI=1S/C14H19NO4/c1-3-10-9(6-8-19-10)12(16)15-11-5-4-7-14(11,2)13(17)18/h6,8,11H,3-5,7H2,1-2H3,(H,15,16)(H,17,18). The summed E-state index contributed by atoms with van der Waals surface area (Å²) in [7, 11) is 0. The number of amides is 1. The molecule has 1 amide bonds. The molecular formula is C14H19NO4. The molecule has 1 heterocycles. The lowest BCUT2D eigenvalue weighted by Crippen LogP contribution is -2.47. The number of carboxylic acids is 1. The van der Waals surface area contributed by atoms with Crippen molar-refractivity contribution in [3.05, 3.63) is 23.7 Å². The maximum absolute atomic E-state index is 12.2. The van der Waals surface area contributed by atoms with E-state index in [2.05, 4.69) is 5.32 Å². The van der Waals surface area contributed by atoms with Crippen LogP contribution in [0.4, 0.5) is 0 Å². The van der Waals surface area contributed by atoms with E-state index in [0.717, 1.165) is 6.42 Å². The van der Waals surface area contributed by atoms with Crippen molar-refractivity contribution in [2.45, 2.75) is 45.6 Å². The number of nitrogens with one attached hydrogen (secondary N) is 1. The third kappa shape index (κ3) is 2.37. The van der Waals surface area contributed by atoms with Crippen LogP contribution in [0.3, 0.4) is 0 Å². The van der Waals surface area contributed by atoms with Gasteiger partial charge in [-0.3, -0.25) is 9.59 Å². The van der Waals surface area contributed by atoms with Crippen molar-refractivity contribution in [2.24, 2.45) is 5.41 Å². The largest absolute Gasteiger partial charge is 0.481 e. The molecule has 2 unspecified atom stereocenters. The quantitative estimate of drug-likeness (QED) is 0.874. The number of aryl methyl sites for hydroxylation is 1. The highest BCUT2D eigenvalue weighted by Gasteiger charge is 2.46. The molecule has 0 spiro atoms. The topological polar surface area (TPSA) is 79.5 Å². The highest BCUT2D eigenvalue weighted by molar-refractivity contribution is 5.95. The molecule has 0 radical (unpaired) electrons. The maximum atomic E-state index is 12.2. The smallest absolute Gasteiger partial charge is 0.311 e. The molecule has 1 fully saturated rings. The predicted molar refractivity (Wildman–Crippen MR) is 68.9 cm³/mol. The van der Waals surface area contributed by atoms with E-state index in [-0.39, 0.29) is 11.9 Å². The molecule has 0 aliphatic heterocycles. The zero-order chi connectivity index (χ0) is 14.0. The number of carbonyl (C=O) groups is 2. The first-order valence-corrected chi connectivity index (χ1v) is 6.59. The fourth-order valence-electron chi connectivity index (χ4n) is 2.71. The first kappa shape index (κ1) is 13.6. The van der Waals surface area contributed by atoms with Crippen molar-refractivity contribution >= 4 is 11.9 Å². The second kappa shape index (κ2) is 5.07. The highest BCUT2D eigenvalue weighted by Crippen LogP contribution is 2.38. The van der Waals surface area contributed by atoms with Crippen LogP contribution in [-0.4, -0.2) is 23.0 Å². The second-order valence-electron chi connectivity index (χ2n) is 5.25. The third-order valence-corrected chi connectivity index (χ3v) is 4.06. The van der Waals surface area contributed by atoms with Crippen molar-refractivity contribution < 1.29 is 19.1 Å². The van der Waals surface area contributed by atoms with Crippen LogP contribution in [-0.2, 0) is 11.2 Å². The van der Waals surface area contributed by atoms with Crippen LogP contribution >= 0.6 is 0 Å². The second-order valence-corrected chi connectivity index (χ2v) is 5.25. The van der Waals surface area contributed by atoms with Crippen molar-refractivity contribution in [1.29, 1.82) is 0 Å². The van der Waals surface area contributed by atoms with Crippen molar-refractivity contribution in [3.63, 3.8) is 0 Å². The Morgan fingerprint density at radius 1 is 1.58 bits per heavy atom. The lowest BCUT2D eigenvalue weighted by atomic mass is 9.85. The lowest BCUT2D eigenvalue weighted by molar-refractivity contribution is -0.148. The Labute approximate surface area is 112 Å². The molecule has 1 aliphatic rings. The minimum Gasteiger partial charge on any atom is -0.481 e. The number of hydrogen-bond acceptors (Lipinski definition) is 3. The maximum Gasteiger partial charge on any atom is 0.311 e. The summed E-state index contributed by atoms with van der Waals surface area (Å²) in [5.41, 5.74) is -0.367. The van der Waals surface area contributed by atoms with Gasteiger partial charge in [0.1, 0.15) is 5.76 Å². The summed E-state index contributed by atoms with van der Waals surface area (Å²) in [5, 5.41) is 12.2. The van der Waals surface area contributed by atoms with Gasteiger partial charge in [-0.15, -0.1) is 0 Å². The Hall–Kier alpha value is -1.78. The van der Waals surface area contributed by atoms with Crippen LogP contribution in [0.25, 0.3) is 0 Å². The molecule has 2 atom stereocenters. The lowest BCUT2D eigenvalue weighted by Gasteiger charge is -2.27. The zero-order valence-electron chi connectivity index (χ0n) is 11.2. The van der Waals surface area contributed by atoms with Gasteiger partial charge in [-0.25, -0.2) is 0 Å². The van der Waals surface area contributed by atoms with Crippen LogP contribution in [0.15, 0.2) is 16.7 Å². The number of hydrogen-bond donors (Lipinski definition) is 2. The van der Waals surface area contributed by atoms with Crippen LogP contribution in [0.1, 0.15) is 49.2 Å². The number of rotatable bonds is 4. The van der Waals surface area contributed by atoms with E-state index in [0.29, 0.717) is 30.6 Å². The molecule has 5 nitrogen and oxygen atoms in total. The van der Waals surface area contributed by atoms with Crippen LogP contribution in [0.5, 0.6) is 0 Å². The van der Waals surface area contributed by atoms with Gasteiger partial charge in [0.25, 0.3) is 5.91 Å². The van der Waals surface area contributed by atoms with Gasteiger partial charge in [-0.1, -0.05) is 13.3 Å². The fourth-order valence-corrected chi connectivity index (χ4v) is 2.71. The van der Waals surface area contributed by atoms with Gasteiger partial charge in [0.2, 0.25) is 0 Å². The average Bonchev–Trinajstić information content (AvgIpc) is 2.97. The SMILES string of the molecule is CCc1occc1C(=O)NC1CCCC1(C)C(=O)O. The number of furan rings is 1. The van der Waals surface area contributed by atoms with Crippen molar-refractivity contribution in [3.8, 4) is 0 Å². The Kier molecular flexibility index (Phi) is 3.64. The average molecular weight is 265 g/mol. The summed E-state index contributed by atoms with van der Waals surface area (Å²) < 4.78 is 5.22. The van der Waals surface area contributed by atoms with Gasteiger partial charge >= 0.3 is 5.97 Å². The molecule has 1 aromatic rings. The molecule has 2 rings (SSSR count). The van der Waals surface area contributed by atoms with Gasteiger partial charge < -0.3 is 14.8 Å². The molecule has 2 N–H and O–H groups in total. The van der Waals surface area contributed by atoms with Crippen molar-refractivity contribution in [2.75, 3.05) is 0 Å². The molecule has 5 heteroatoms. The fraction of sp³-hybridized carbons (Fsp3) is 0.571.